The SMILES string of the molecule is CC(=O)Nc1c[nH]c2ccc(OCC3Cc4cnn(C(F)C(F)F)c4C3)cc12. The third-order valence-electron chi connectivity index (χ3n) is 4.87. The van der Waals surface area contributed by atoms with Crippen molar-refractivity contribution in [2.45, 2.75) is 32.5 Å². The molecule has 2 atom stereocenters. The molecule has 0 spiro atoms. The maximum absolute atomic E-state index is 13.7. The second-order valence-electron chi connectivity index (χ2n) is 6.94. The predicted molar refractivity (Wildman–Crippen MR) is 97.4 cm³/mol. The third-order valence-corrected chi connectivity index (χ3v) is 4.87. The third kappa shape index (κ3) is 3.44. The monoisotopic (exact) mass is 392 g/mol. The first-order valence-electron chi connectivity index (χ1n) is 8.91. The van der Waals surface area contributed by atoms with E-state index in [9.17, 15) is 18.0 Å². The zero-order chi connectivity index (χ0) is 19.8. The number of nitrogens with zero attached hydrogens (tertiary/aromatic N) is 2. The molecule has 148 valence electrons. The molecular weight excluding hydrogens is 373 g/mol. The van der Waals surface area contributed by atoms with E-state index in [0.29, 0.717) is 36.6 Å². The fraction of sp³-hybridized carbons (Fsp3) is 0.368. The summed E-state index contributed by atoms with van der Waals surface area (Å²) in [5.74, 6) is 0.521. The Balaban J connectivity index is 1.43. The van der Waals surface area contributed by atoms with Crippen molar-refractivity contribution in [1.82, 2.24) is 14.8 Å². The van der Waals surface area contributed by atoms with Crippen molar-refractivity contribution in [2.75, 3.05) is 11.9 Å². The molecule has 0 saturated heterocycles. The van der Waals surface area contributed by atoms with Crippen molar-refractivity contribution in [3.05, 3.63) is 41.9 Å². The number of carbonyl (C=O) groups excluding carboxylic acids is 1. The number of amides is 1. The first-order chi connectivity index (χ1) is 13.4. The summed E-state index contributed by atoms with van der Waals surface area (Å²) in [6, 6.07) is 5.50. The summed E-state index contributed by atoms with van der Waals surface area (Å²) in [6.45, 7) is 1.81. The van der Waals surface area contributed by atoms with Gasteiger partial charge in [0.05, 0.1) is 18.5 Å². The minimum atomic E-state index is -3.11. The second-order valence-corrected chi connectivity index (χ2v) is 6.94. The van der Waals surface area contributed by atoms with Crippen molar-refractivity contribution >= 4 is 22.5 Å². The number of halogens is 3. The Bertz CT molecular complexity index is 1010. The average molecular weight is 392 g/mol. The smallest absolute Gasteiger partial charge is 0.289 e. The van der Waals surface area contributed by atoms with E-state index >= 15 is 0 Å². The summed E-state index contributed by atoms with van der Waals surface area (Å²) >= 11 is 0. The summed E-state index contributed by atoms with van der Waals surface area (Å²) in [5, 5.41) is 7.34. The van der Waals surface area contributed by atoms with Crippen LogP contribution in [0.3, 0.4) is 0 Å². The molecule has 4 rings (SSSR count). The molecular formula is C19H19F3N4O2. The van der Waals surface area contributed by atoms with Crippen LogP contribution in [0.5, 0.6) is 5.75 Å². The Hall–Kier alpha value is -2.97. The maximum atomic E-state index is 13.7. The summed E-state index contributed by atoms with van der Waals surface area (Å²) in [6.07, 6.45) is -1.32. The van der Waals surface area contributed by atoms with E-state index in [1.807, 2.05) is 18.2 Å². The summed E-state index contributed by atoms with van der Waals surface area (Å²) < 4.78 is 45.6. The zero-order valence-corrected chi connectivity index (χ0v) is 15.1. The largest absolute Gasteiger partial charge is 0.493 e. The highest BCUT2D eigenvalue weighted by atomic mass is 19.3. The molecule has 1 aliphatic rings. The number of aromatic nitrogens is 3. The van der Waals surface area contributed by atoms with Crippen molar-refractivity contribution in [1.29, 1.82) is 0 Å². The molecule has 9 heteroatoms. The van der Waals surface area contributed by atoms with Crippen LogP contribution in [-0.4, -0.2) is 33.7 Å². The van der Waals surface area contributed by atoms with E-state index in [1.165, 1.54) is 13.1 Å². The van der Waals surface area contributed by atoms with Gasteiger partial charge in [0, 0.05) is 35.6 Å². The zero-order valence-electron chi connectivity index (χ0n) is 15.1. The lowest BCUT2D eigenvalue weighted by Crippen LogP contribution is -2.18. The van der Waals surface area contributed by atoms with Gasteiger partial charge in [0.1, 0.15) is 5.75 Å². The van der Waals surface area contributed by atoms with Gasteiger partial charge in [0.2, 0.25) is 5.91 Å². The van der Waals surface area contributed by atoms with Crippen LogP contribution < -0.4 is 10.1 Å². The first-order valence-corrected chi connectivity index (χ1v) is 8.91. The second kappa shape index (κ2) is 7.21. The van der Waals surface area contributed by atoms with Crippen LogP contribution in [0, 0.1) is 5.92 Å². The molecule has 28 heavy (non-hydrogen) atoms. The number of H-pyrrole nitrogens is 1. The van der Waals surface area contributed by atoms with Crippen LogP contribution in [0.4, 0.5) is 18.9 Å². The van der Waals surface area contributed by atoms with E-state index in [0.717, 1.165) is 21.1 Å². The molecule has 0 saturated carbocycles. The highest BCUT2D eigenvalue weighted by Gasteiger charge is 2.31. The summed E-state index contributed by atoms with van der Waals surface area (Å²) in [4.78, 5) is 14.4. The number of carbonyl (C=O) groups is 1. The van der Waals surface area contributed by atoms with Crippen molar-refractivity contribution in [2.24, 2.45) is 5.92 Å². The Labute approximate surface area is 158 Å². The molecule has 2 unspecified atom stereocenters. The van der Waals surface area contributed by atoms with Gasteiger partial charge < -0.3 is 15.0 Å². The molecule has 6 nitrogen and oxygen atoms in total. The maximum Gasteiger partial charge on any atom is 0.289 e. The van der Waals surface area contributed by atoms with Gasteiger partial charge in [-0.1, -0.05) is 0 Å². The number of alkyl halides is 3. The summed E-state index contributed by atoms with van der Waals surface area (Å²) in [7, 11) is 0. The van der Waals surface area contributed by atoms with E-state index in [4.69, 9.17) is 4.74 Å². The molecule has 0 fully saturated rings. The molecule has 1 amide bonds. The first kappa shape index (κ1) is 18.4. The lowest BCUT2D eigenvalue weighted by atomic mass is 10.1. The van der Waals surface area contributed by atoms with Crippen LogP contribution in [0.25, 0.3) is 10.9 Å². The van der Waals surface area contributed by atoms with Crippen molar-refractivity contribution < 1.29 is 22.7 Å². The van der Waals surface area contributed by atoms with Gasteiger partial charge in [0.25, 0.3) is 12.7 Å². The predicted octanol–water partition coefficient (Wildman–Crippen LogP) is 3.85. The number of ether oxygens (including phenoxy) is 1. The van der Waals surface area contributed by atoms with Crippen molar-refractivity contribution in [3.8, 4) is 5.75 Å². The Morgan fingerprint density at radius 2 is 2.21 bits per heavy atom. The van der Waals surface area contributed by atoms with Gasteiger partial charge in [0.15, 0.2) is 0 Å². The Kier molecular flexibility index (Phi) is 4.74. The summed E-state index contributed by atoms with van der Waals surface area (Å²) in [5.41, 5.74) is 2.83. The minimum absolute atomic E-state index is 0.0564. The lowest BCUT2D eigenvalue weighted by molar-refractivity contribution is -0.114. The van der Waals surface area contributed by atoms with E-state index < -0.39 is 12.7 Å². The van der Waals surface area contributed by atoms with E-state index in [1.54, 1.807) is 6.20 Å². The van der Waals surface area contributed by atoms with Crippen molar-refractivity contribution in [3.63, 3.8) is 0 Å². The Morgan fingerprint density at radius 3 is 2.96 bits per heavy atom. The molecule has 2 N–H and O–H groups in total. The van der Waals surface area contributed by atoms with E-state index in [2.05, 4.69) is 15.4 Å². The molecule has 0 radical (unpaired) electrons. The topological polar surface area (TPSA) is 71.9 Å². The average Bonchev–Trinajstić information content (AvgIpc) is 3.33. The van der Waals surface area contributed by atoms with Crippen LogP contribution in [0.2, 0.25) is 0 Å². The number of nitrogens with one attached hydrogen (secondary N) is 2. The van der Waals surface area contributed by atoms with Gasteiger partial charge in [-0.15, -0.1) is 0 Å². The fourth-order valence-corrected chi connectivity index (χ4v) is 3.61. The van der Waals surface area contributed by atoms with E-state index in [-0.39, 0.29) is 11.8 Å². The molecule has 3 aromatic rings. The molecule has 2 aromatic heterocycles. The van der Waals surface area contributed by atoms with Gasteiger partial charge in [-0.3, -0.25) is 4.79 Å². The number of benzene rings is 1. The number of fused-ring (bicyclic) bond motifs is 2. The fourth-order valence-electron chi connectivity index (χ4n) is 3.61. The number of hydrogen-bond acceptors (Lipinski definition) is 3. The number of aromatic amines is 1. The normalized spacial score (nSPS) is 17.1. The molecule has 0 bridgehead atoms. The van der Waals surface area contributed by atoms with Crippen LogP contribution in [-0.2, 0) is 17.6 Å². The Morgan fingerprint density at radius 1 is 1.39 bits per heavy atom. The molecule has 0 aliphatic heterocycles. The quantitative estimate of drug-likeness (QED) is 0.669. The van der Waals surface area contributed by atoms with Gasteiger partial charge in [-0.25, -0.2) is 17.9 Å². The number of anilines is 1. The molecule has 1 aromatic carbocycles. The molecule has 1 aliphatic carbocycles. The van der Waals surface area contributed by atoms with Gasteiger partial charge in [-0.2, -0.15) is 5.10 Å². The van der Waals surface area contributed by atoms with Crippen LogP contribution in [0.15, 0.2) is 30.6 Å². The van der Waals surface area contributed by atoms with Crippen LogP contribution in [0.1, 0.15) is 24.5 Å². The van der Waals surface area contributed by atoms with Gasteiger partial charge in [-0.05, 0) is 36.6 Å². The number of hydrogen-bond donors (Lipinski definition) is 2. The number of rotatable bonds is 6. The molecule has 2 heterocycles. The minimum Gasteiger partial charge on any atom is -0.493 e. The standard InChI is InChI=1S/C19H19F3N4O2/c1-10(27)25-16-8-23-15-3-2-13(6-14(15)16)28-9-11-4-12-7-24-26(17(12)5-11)19(22)18(20)21/h2-3,6-8,11,18-19,23H,4-5,9H2,1H3,(H,25,27). The van der Waals surface area contributed by atoms with Crippen LogP contribution >= 0.6 is 0 Å². The van der Waals surface area contributed by atoms with Gasteiger partial charge >= 0.3 is 0 Å². The highest BCUT2D eigenvalue weighted by molar-refractivity contribution is 6.01. The highest BCUT2D eigenvalue weighted by Crippen LogP contribution is 2.32. The lowest BCUT2D eigenvalue weighted by Gasteiger charge is -2.14.